The number of aromatic nitrogens is 3. The van der Waals surface area contributed by atoms with Crippen LogP contribution in [-0.4, -0.2) is 58.4 Å². The molecule has 2 aliphatic heterocycles. The van der Waals surface area contributed by atoms with Crippen LogP contribution in [0.5, 0.6) is 0 Å². The van der Waals surface area contributed by atoms with Gasteiger partial charge in [0.15, 0.2) is 5.82 Å². The Labute approximate surface area is 220 Å². The van der Waals surface area contributed by atoms with E-state index in [1.807, 2.05) is 12.1 Å². The van der Waals surface area contributed by atoms with E-state index >= 15 is 0 Å². The monoisotopic (exact) mass is 501 g/mol. The number of carbonyl (C=O) groups is 1. The van der Waals surface area contributed by atoms with E-state index in [-0.39, 0.29) is 11.9 Å². The zero-order valence-corrected chi connectivity index (χ0v) is 21.9. The maximum Gasteiger partial charge on any atom is 0.220 e. The molecule has 1 amide bonds. The number of nitrogens with one attached hydrogen (secondary N) is 1. The Morgan fingerprint density at radius 1 is 1.05 bits per heavy atom. The fourth-order valence-corrected chi connectivity index (χ4v) is 5.62. The topological polar surface area (TPSA) is 72.3 Å². The normalized spacial score (nSPS) is 19.6. The minimum Gasteiger partial charge on any atom is -0.381 e. The lowest BCUT2D eigenvalue weighted by molar-refractivity contribution is -0.122. The lowest BCUT2D eigenvalue weighted by Gasteiger charge is -2.33. The Bertz CT molecular complexity index is 1120. The van der Waals surface area contributed by atoms with Gasteiger partial charge in [-0.15, -0.1) is 0 Å². The SMILES string of the molecule is Cc1nc(Cc2ccccc2)nn1C1CCN(CC[C@H](NC(=O)CC2CCOC2)c2ccccc2)CC1. The molecular formula is C30H39N5O2. The quantitative estimate of drug-likeness (QED) is 0.443. The molecule has 2 aromatic carbocycles. The molecule has 1 aromatic heterocycles. The molecule has 0 radical (unpaired) electrons. The van der Waals surface area contributed by atoms with Gasteiger partial charge in [0.25, 0.3) is 0 Å². The van der Waals surface area contributed by atoms with Crippen LogP contribution >= 0.6 is 0 Å². The van der Waals surface area contributed by atoms with Crippen LogP contribution in [0.1, 0.15) is 67.0 Å². The molecule has 2 fully saturated rings. The van der Waals surface area contributed by atoms with Crippen LogP contribution < -0.4 is 5.32 Å². The minimum atomic E-state index is 0.0341. The van der Waals surface area contributed by atoms with Gasteiger partial charge in [0, 0.05) is 45.7 Å². The average Bonchev–Trinajstić information content (AvgIpc) is 3.57. The molecule has 0 bridgehead atoms. The number of benzene rings is 2. The van der Waals surface area contributed by atoms with Gasteiger partial charge in [-0.3, -0.25) is 4.79 Å². The van der Waals surface area contributed by atoms with Crippen LogP contribution in [-0.2, 0) is 16.0 Å². The molecule has 2 saturated heterocycles. The first kappa shape index (κ1) is 25.6. The number of amides is 1. The summed E-state index contributed by atoms with van der Waals surface area (Å²) in [7, 11) is 0. The average molecular weight is 502 g/mol. The van der Waals surface area contributed by atoms with E-state index in [0.717, 1.165) is 70.0 Å². The van der Waals surface area contributed by atoms with Gasteiger partial charge < -0.3 is 15.0 Å². The van der Waals surface area contributed by atoms with E-state index < -0.39 is 0 Å². The van der Waals surface area contributed by atoms with Crippen molar-refractivity contribution in [1.82, 2.24) is 25.0 Å². The Balaban J connectivity index is 1.13. The van der Waals surface area contributed by atoms with Crippen LogP contribution in [0.25, 0.3) is 0 Å². The third-order valence-electron chi connectivity index (χ3n) is 7.72. The molecule has 3 aromatic rings. The first-order valence-electron chi connectivity index (χ1n) is 13.7. The molecule has 0 aliphatic carbocycles. The van der Waals surface area contributed by atoms with E-state index in [9.17, 15) is 4.79 Å². The number of nitrogens with zero attached hydrogens (tertiary/aromatic N) is 4. The molecule has 7 heteroatoms. The van der Waals surface area contributed by atoms with Gasteiger partial charge in [0.05, 0.1) is 12.1 Å². The molecular weight excluding hydrogens is 462 g/mol. The third kappa shape index (κ3) is 7.05. The summed E-state index contributed by atoms with van der Waals surface area (Å²) < 4.78 is 7.60. The van der Waals surface area contributed by atoms with Crippen molar-refractivity contribution in [3.63, 3.8) is 0 Å². The van der Waals surface area contributed by atoms with Gasteiger partial charge in [-0.05, 0) is 49.7 Å². The Morgan fingerprint density at radius 3 is 2.49 bits per heavy atom. The van der Waals surface area contributed by atoms with Crippen LogP contribution in [0.3, 0.4) is 0 Å². The zero-order valence-electron chi connectivity index (χ0n) is 21.9. The molecule has 0 spiro atoms. The number of aryl methyl sites for hydroxylation is 1. The standard InChI is InChI=1S/C30H39N5O2/c1-23-31-29(20-24-8-4-2-5-9-24)33-35(23)27-12-16-34(17-13-27)18-14-28(26-10-6-3-7-11-26)32-30(36)21-25-15-19-37-22-25/h2-11,25,27-28H,12-22H2,1H3,(H,32,36)/t25?,28-/m0/s1. The lowest BCUT2D eigenvalue weighted by Crippen LogP contribution is -2.38. The van der Waals surface area contributed by atoms with E-state index in [1.54, 1.807) is 0 Å². The summed E-state index contributed by atoms with van der Waals surface area (Å²) in [5.74, 6) is 2.39. The highest BCUT2D eigenvalue weighted by Gasteiger charge is 2.25. The van der Waals surface area contributed by atoms with E-state index in [2.05, 4.69) is 70.4 Å². The number of rotatable bonds is 10. The van der Waals surface area contributed by atoms with E-state index in [0.29, 0.717) is 25.0 Å². The molecule has 37 heavy (non-hydrogen) atoms. The first-order valence-corrected chi connectivity index (χ1v) is 13.7. The summed E-state index contributed by atoms with van der Waals surface area (Å²) in [6.07, 6.45) is 5.35. The molecule has 1 unspecified atom stereocenters. The summed E-state index contributed by atoms with van der Waals surface area (Å²) in [4.78, 5) is 20.1. The Morgan fingerprint density at radius 2 is 1.78 bits per heavy atom. The maximum absolute atomic E-state index is 12.8. The highest BCUT2D eigenvalue weighted by molar-refractivity contribution is 5.76. The molecule has 7 nitrogen and oxygen atoms in total. The fraction of sp³-hybridized carbons (Fsp3) is 0.500. The number of piperidine rings is 1. The second-order valence-electron chi connectivity index (χ2n) is 10.5. The Kier molecular flexibility index (Phi) is 8.64. The summed E-state index contributed by atoms with van der Waals surface area (Å²) in [5.41, 5.74) is 2.42. The molecule has 1 N–H and O–H groups in total. The smallest absolute Gasteiger partial charge is 0.220 e. The van der Waals surface area contributed by atoms with E-state index in [4.69, 9.17) is 14.8 Å². The maximum atomic E-state index is 12.8. The predicted molar refractivity (Wildman–Crippen MR) is 144 cm³/mol. The number of hydrogen-bond donors (Lipinski definition) is 1. The predicted octanol–water partition coefficient (Wildman–Crippen LogP) is 4.49. The van der Waals surface area contributed by atoms with Gasteiger partial charge in [0.1, 0.15) is 5.82 Å². The molecule has 2 atom stereocenters. The van der Waals surface area contributed by atoms with Gasteiger partial charge in [0.2, 0.25) is 5.91 Å². The van der Waals surface area contributed by atoms with Gasteiger partial charge in [-0.25, -0.2) is 9.67 Å². The van der Waals surface area contributed by atoms with Crippen LogP contribution in [0.15, 0.2) is 60.7 Å². The number of hydrogen-bond acceptors (Lipinski definition) is 5. The van der Waals surface area contributed by atoms with Crippen molar-refractivity contribution in [3.05, 3.63) is 83.4 Å². The minimum absolute atomic E-state index is 0.0341. The van der Waals surface area contributed by atoms with Gasteiger partial charge >= 0.3 is 0 Å². The van der Waals surface area contributed by atoms with Crippen LogP contribution in [0.4, 0.5) is 0 Å². The van der Waals surface area contributed by atoms with E-state index in [1.165, 1.54) is 11.1 Å². The third-order valence-corrected chi connectivity index (χ3v) is 7.72. The van der Waals surface area contributed by atoms with Crippen molar-refractivity contribution in [1.29, 1.82) is 0 Å². The molecule has 5 rings (SSSR count). The molecule has 3 heterocycles. The largest absolute Gasteiger partial charge is 0.381 e. The van der Waals surface area contributed by atoms with Crippen molar-refractivity contribution in [2.45, 2.75) is 57.5 Å². The number of likely N-dealkylation sites (tertiary alicyclic amines) is 1. The van der Waals surface area contributed by atoms with Crippen molar-refractivity contribution in [2.75, 3.05) is 32.8 Å². The van der Waals surface area contributed by atoms with Crippen molar-refractivity contribution >= 4 is 5.91 Å². The van der Waals surface area contributed by atoms with Crippen molar-refractivity contribution in [3.8, 4) is 0 Å². The van der Waals surface area contributed by atoms with Crippen LogP contribution in [0, 0.1) is 12.8 Å². The summed E-state index contributed by atoms with van der Waals surface area (Å²) in [6.45, 7) is 6.59. The molecule has 0 saturated carbocycles. The van der Waals surface area contributed by atoms with Crippen molar-refractivity contribution < 1.29 is 9.53 Å². The summed E-state index contributed by atoms with van der Waals surface area (Å²) in [5, 5.41) is 8.19. The fourth-order valence-electron chi connectivity index (χ4n) is 5.62. The summed E-state index contributed by atoms with van der Waals surface area (Å²) >= 11 is 0. The highest BCUT2D eigenvalue weighted by Crippen LogP contribution is 2.25. The molecule has 2 aliphatic rings. The number of carbonyl (C=O) groups excluding carboxylic acids is 1. The Hall–Kier alpha value is -3.03. The zero-order chi connectivity index (χ0) is 25.5. The highest BCUT2D eigenvalue weighted by atomic mass is 16.5. The second-order valence-corrected chi connectivity index (χ2v) is 10.5. The molecule has 196 valence electrons. The number of ether oxygens (including phenoxy) is 1. The van der Waals surface area contributed by atoms with Gasteiger partial charge in [-0.2, -0.15) is 5.10 Å². The summed E-state index contributed by atoms with van der Waals surface area (Å²) in [6, 6.07) is 21.2. The second kappa shape index (κ2) is 12.5. The van der Waals surface area contributed by atoms with Crippen LogP contribution in [0.2, 0.25) is 0 Å². The van der Waals surface area contributed by atoms with Gasteiger partial charge in [-0.1, -0.05) is 60.7 Å². The first-order chi connectivity index (χ1) is 18.1. The van der Waals surface area contributed by atoms with Crippen molar-refractivity contribution in [2.24, 2.45) is 5.92 Å². The lowest BCUT2D eigenvalue weighted by atomic mass is 10.00.